The third-order valence-electron chi connectivity index (χ3n) is 3.65. The number of hydrogen-bond acceptors (Lipinski definition) is 2. The van der Waals surface area contributed by atoms with E-state index in [0.717, 1.165) is 6.54 Å². The van der Waals surface area contributed by atoms with E-state index >= 15 is 0 Å². The smallest absolute Gasteiger partial charge is 0.0631 e. The second kappa shape index (κ2) is 3.66. The van der Waals surface area contributed by atoms with E-state index in [4.69, 9.17) is 0 Å². The number of rotatable bonds is 0. The molecule has 2 heterocycles. The van der Waals surface area contributed by atoms with Crippen molar-refractivity contribution in [2.45, 2.75) is 16.7 Å². The number of allylic oxidation sites excluding steroid dienone is 1. The van der Waals surface area contributed by atoms with Gasteiger partial charge in [-0.05, 0) is 30.7 Å². The Hall–Kier alpha value is -1.67. The van der Waals surface area contributed by atoms with Gasteiger partial charge in [0.25, 0.3) is 0 Å². The maximum atomic E-state index is 2.43. The number of nitrogens with zero attached hydrogens (tertiary/aromatic N) is 1. The van der Waals surface area contributed by atoms with Crippen LogP contribution >= 0.6 is 11.8 Å². The number of fused-ring (bicyclic) bond motifs is 2. The van der Waals surface area contributed by atoms with Crippen LogP contribution in [0.2, 0.25) is 0 Å². The van der Waals surface area contributed by atoms with Crippen LogP contribution in [0.5, 0.6) is 0 Å². The minimum absolute atomic E-state index is 0.980. The first kappa shape index (κ1) is 10.3. The first-order valence-corrected chi connectivity index (χ1v) is 7.01. The zero-order valence-corrected chi connectivity index (χ0v) is 11.0. The van der Waals surface area contributed by atoms with Crippen molar-refractivity contribution in [2.24, 2.45) is 0 Å². The van der Waals surface area contributed by atoms with Gasteiger partial charge in [-0.2, -0.15) is 0 Å². The molecule has 0 saturated carbocycles. The second-order valence-electron chi connectivity index (χ2n) is 4.72. The molecule has 2 aliphatic rings. The lowest BCUT2D eigenvalue weighted by atomic mass is 9.99. The number of hydrogen-bond donors (Lipinski definition) is 0. The molecule has 88 valence electrons. The summed E-state index contributed by atoms with van der Waals surface area (Å²) in [6.07, 6.45) is 2.32. The third-order valence-corrected chi connectivity index (χ3v) is 4.76. The van der Waals surface area contributed by atoms with Gasteiger partial charge in [0.1, 0.15) is 0 Å². The van der Waals surface area contributed by atoms with Gasteiger partial charge in [0, 0.05) is 21.9 Å². The van der Waals surface area contributed by atoms with E-state index in [0.29, 0.717) is 0 Å². The van der Waals surface area contributed by atoms with E-state index in [1.807, 2.05) is 11.8 Å². The van der Waals surface area contributed by atoms with Gasteiger partial charge in [0.15, 0.2) is 0 Å². The Morgan fingerprint density at radius 3 is 2.78 bits per heavy atom. The lowest BCUT2D eigenvalue weighted by Gasteiger charge is -2.36. The highest BCUT2D eigenvalue weighted by Crippen LogP contribution is 2.51. The molecule has 1 nitrogen and oxygen atoms in total. The summed E-state index contributed by atoms with van der Waals surface area (Å²) in [5, 5.41) is 0. The molecule has 0 saturated heterocycles. The van der Waals surface area contributed by atoms with Gasteiger partial charge in [-0.25, -0.2) is 0 Å². The molecule has 18 heavy (non-hydrogen) atoms. The Bertz CT molecular complexity index is 673. The van der Waals surface area contributed by atoms with E-state index in [-0.39, 0.29) is 0 Å². The molecule has 2 aromatic carbocycles. The highest BCUT2D eigenvalue weighted by Gasteiger charge is 2.27. The number of para-hydroxylation sites is 2. The average molecular weight is 251 g/mol. The molecule has 0 bridgehead atoms. The second-order valence-corrected chi connectivity index (χ2v) is 5.80. The lowest BCUT2D eigenvalue weighted by Crippen LogP contribution is -2.24. The molecular weight excluding hydrogens is 238 g/mol. The van der Waals surface area contributed by atoms with Crippen LogP contribution in [0.4, 0.5) is 11.4 Å². The van der Waals surface area contributed by atoms with Crippen molar-refractivity contribution in [1.82, 2.24) is 0 Å². The summed E-state index contributed by atoms with van der Waals surface area (Å²) in [6.45, 7) is 3.19. The Morgan fingerprint density at radius 1 is 1.00 bits per heavy atom. The molecule has 0 fully saturated rings. The molecule has 0 aromatic heterocycles. The number of anilines is 2. The van der Waals surface area contributed by atoms with E-state index < -0.39 is 0 Å². The van der Waals surface area contributed by atoms with Crippen LogP contribution in [0, 0.1) is 0 Å². The van der Waals surface area contributed by atoms with Crippen LogP contribution in [0.15, 0.2) is 58.3 Å². The van der Waals surface area contributed by atoms with Gasteiger partial charge in [0.05, 0.1) is 11.4 Å². The van der Waals surface area contributed by atoms with Crippen LogP contribution in [0.1, 0.15) is 12.5 Å². The van der Waals surface area contributed by atoms with Gasteiger partial charge in [-0.1, -0.05) is 42.1 Å². The van der Waals surface area contributed by atoms with Crippen molar-refractivity contribution < 1.29 is 0 Å². The molecule has 2 heteroatoms. The van der Waals surface area contributed by atoms with Crippen LogP contribution in [-0.4, -0.2) is 6.54 Å². The average Bonchev–Trinajstić information content (AvgIpc) is 2.42. The largest absolute Gasteiger partial charge is 0.335 e. The molecule has 4 rings (SSSR count). The highest BCUT2D eigenvalue weighted by molar-refractivity contribution is 7.99. The summed E-state index contributed by atoms with van der Waals surface area (Å²) in [6, 6.07) is 15.3. The van der Waals surface area contributed by atoms with Crippen LogP contribution in [0.25, 0.3) is 5.57 Å². The Labute approximate surface area is 111 Å². The molecule has 0 N–H and O–H groups in total. The lowest BCUT2D eigenvalue weighted by molar-refractivity contribution is 1.01. The van der Waals surface area contributed by atoms with Crippen molar-refractivity contribution in [3.05, 3.63) is 54.1 Å². The molecule has 0 spiro atoms. The first-order chi connectivity index (χ1) is 8.84. The zero-order valence-electron chi connectivity index (χ0n) is 10.2. The van der Waals surface area contributed by atoms with Gasteiger partial charge < -0.3 is 4.90 Å². The fraction of sp³-hybridized carbons (Fsp3) is 0.125. The van der Waals surface area contributed by atoms with Crippen LogP contribution < -0.4 is 4.90 Å². The van der Waals surface area contributed by atoms with Crippen molar-refractivity contribution in [2.75, 3.05) is 11.4 Å². The van der Waals surface area contributed by atoms with Crippen molar-refractivity contribution >= 4 is 28.7 Å². The summed E-state index contributed by atoms with van der Waals surface area (Å²) >= 11 is 1.88. The Morgan fingerprint density at radius 2 is 1.83 bits per heavy atom. The summed E-state index contributed by atoms with van der Waals surface area (Å²) in [5.74, 6) is 0. The molecular formula is C16H13NS. The van der Waals surface area contributed by atoms with Crippen molar-refractivity contribution in [3.63, 3.8) is 0 Å². The molecule has 0 atom stereocenters. The van der Waals surface area contributed by atoms with E-state index in [9.17, 15) is 0 Å². The standard InChI is InChI=1S/C16H13NS/c1-11-9-10-17-13-6-2-3-7-14(13)18-15-8-4-5-12(11)16(15)17/h2-9H,10H2,1H3. The maximum Gasteiger partial charge on any atom is 0.0631 e. The Kier molecular flexibility index (Phi) is 2.09. The van der Waals surface area contributed by atoms with Crippen LogP contribution in [-0.2, 0) is 0 Å². The van der Waals surface area contributed by atoms with Crippen molar-refractivity contribution in [3.8, 4) is 0 Å². The van der Waals surface area contributed by atoms with Gasteiger partial charge in [0.2, 0.25) is 0 Å². The SMILES string of the molecule is CC1=CCN2c3ccccc3Sc3cccc1c32. The molecule has 0 radical (unpaired) electrons. The molecule has 2 aliphatic heterocycles. The molecule has 2 aromatic rings. The van der Waals surface area contributed by atoms with Gasteiger partial charge in [-0.15, -0.1) is 0 Å². The predicted molar refractivity (Wildman–Crippen MR) is 77.7 cm³/mol. The molecule has 0 aliphatic carbocycles. The summed E-state index contributed by atoms with van der Waals surface area (Å²) < 4.78 is 0. The maximum absolute atomic E-state index is 2.43. The third kappa shape index (κ3) is 1.30. The van der Waals surface area contributed by atoms with E-state index in [1.54, 1.807) is 0 Å². The fourth-order valence-electron chi connectivity index (χ4n) is 2.73. The van der Waals surface area contributed by atoms with Gasteiger partial charge >= 0.3 is 0 Å². The fourth-order valence-corrected chi connectivity index (χ4v) is 3.86. The Balaban J connectivity index is 2.02. The molecule has 0 unspecified atom stereocenters. The van der Waals surface area contributed by atoms with E-state index in [1.165, 1.54) is 32.3 Å². The number of benzene rings is 2. The minimum Gasteiger partial charge on any atom is -0.335 e. The highest BCUT2D eigenvalue weighted by atomic mass is 32.2. The summed E-state index contributed by atoms with van der Waals surface area (Å²) in [7, 11) is 0. The monoisotopic (exact) mass is 251 g/mol. The summed E-state index contributed by atoms with van der Waals surface area (Å²) in [5.41, 5.74) is 5.50. The van der Waals surface area contributed by atoms with Crippen molar-refractivity contribution in [1.29, 1.82) is 0 Å². The molecule has 0 amide bonds. The van der Waals surface area contributed by atoms with E-state index in [2.05, 4.69) is 60.4 Å². The van der Waals surface area contributed by atoms with Gasteiger partial charge in [-0.3, -0.25) is 0 Å². The predicted octanol–water partition coefficient (Wildman–Crippen LogP) is 4.71. The quantitative estimate of drug-likeness (QED) is 0.667. The normalized spacial score (nSPS) is 15.8. The topological polar surface area (TPSA) is 3.24 Å². The van der Waals surface area contributed by atoms with Crippen LogP contribution in [0.3, 0.4) is 0 Å². The minimum atomic E-state index is 0.980. The first-order valence-electron chi connectivity index (χ1n) is 6.19. The zero-order chi connectivity index (χ0) is 12.1. The summed E-state index contributed by atoms with van der Waals surface area (Å²) in [4.78, 5) is 5.16.